The Balaban J connectivity index is 1.67. The molecule has 7 heteroatoms. The summed E-state index contributed by atoms with van der Waals surface area (Å²) in [6, 6.07) is 12.1. The fourth-order valence-electron chi connectivity index (χ4n) is 2.39. The van der Waals surface area contributed by atoms with Crippen LogP contribution in [0.3, 0.4) is 0 Å². The molecule has 3 rings (SSSR count). The summed E-state index contributed by atoms with van der Waals surface area (Å²) in [6.45, 7) is 3.42. The van der Waals surface area contributed by atoms with Crippen molar-refractivity contribution in [3.8, 4) is 0 Å². The lowest BCUT2D eigenvalue weighted by Gasteiger charge is -2.09. The lowest BCUT2D eigenvalue weighted by atomic mass is 10.1. The number of rotatable bonds is 5. The molecule has 0 unspecified atom stereocenters. The Morgan fingerprint density at radius 1 is 0.963 bits per heavy atom. The van der Waals surface area contributed by atoms with Crippen LogP contribution < -0.4 is 10.6 Å². The van der Waals surface area contributed by atoms with Gasteiger partial charge in [0.15, 0.2) is 5.78 Å². The number of carbonyl (C=O) groups excluding carboxylic acids is 2. The van der Waals surface area contributed by atoms with Crippen molar-refractivity contribution in [2.75, 3.05) is 10.6 Å². The summed E-state index contributed by atoms with van der Waals surface area (Å²) in [5.74, 6) is 0.0165. The van der Waals surface area contributed by atoms with E-state index < -0.39 is 0 Å². The number of hydrogen-bond acceptors (Lipinski definition) is 5. The average Bonchev–Trinajstić information content (AvgIpc) is 2.65. The molecule has 0 radical (unpaired) electrons. The second kappa shape index (κ2) is 7.97. The van der Waals surface area contributed by atoms with Crippen molar-refractivity contribution in [2.45, 2.75) is 13.8 Å². The molecule has 1 aromatic heterocycles. The molecule has 0 aliphatic rings. The number of nitrogens with zero attached hydrogens (tertiary/aromatic N) is 2. The van der Waals surface area contributed by atoms with E-state index >= 15 is 0 Å². The number of ketones is 1. The Morgan fingerprint density at radius 2 is 1.63 bits per heavy atom. The third kappa shape index (κ3) is 4.68. The lowest BCUT2D eigenvalue weighted by Crippen LogP contribution is -2.13. The van der Waals surface area contributed by atoms with Gasteiger partial charge in [-0.1, -0.05) is 11.6 Å². The maximum absolute atomic E-state index is 12.3. The highest BCUT2D eigenvalue weighted by molar-refractivity contribution is 6.30. The van der Waals surface area contributed by atoms with Crippen LogP contribution in [0.25, 0.3) is 0 Å². The van der Waals surface area contributed by atoms with E-state index in [1.54, 1.807) is 30.3 Å². The van der Waals surface area contributed by atoms with Gasteiger partial charge in [-0.25, -0.2) is 9.97 Å². The van der Waals surface area contributed by atoms with Gasteiger partial charge in [0.1, 0.15) is 0 Å². The van der Waals surface area contributed by atoms with Crippen LogP contribution in [0.4, 0.5) is 17.3 Å². The highest BCUT2D eigenvalue weighted by Crippen LogP contribution is 2.22. The van der Waals surface area contributed by atoms with Gasteiger partial charge in [0, 0.05) is 34.4 Å². The van der Waals surface area contributed by atoms with Crippen LogP contribution in [0.2, 0.25) is 5.02 Å². The van der Waals surface area contributed by atoms with E-state index in [2.05, 4.69) is 20.6 Å². The zero-order chi connectivity index (χ0) is 19.4. The van der Waals surface area contributed by atoms with Gasteiger partial charge in [-0.3, -0.25) is 9.59 Å². The Bertz CT molecular complexity index is 986. The molecule has 0 aliphatic carbocycles. The van der Waals surface area contributed by atoms with E-state index in [1.165, 1.54) is 19.3 Å². The largest absolute Gasteiger partial charge is 0.324 e. The summed E-state index contributed by atoms with van der Waals surface area (Å²) in [7, 11) is 0. The first-order valence-electron chi connectivity index (χ1n) is 8.20. The molecular weight excluding hydrogens is 364 g/mol. The van der Waals surface area contributed by atoms with Gasteiger partial charge < -0.3 is 10.6 Å². The molecule has 3 aromatic rings. The van der Waals surface area contributed by atoms with Crippen LogP contribution in [0.1, 0.15) is 33.2 Å². The maximum Gasteiger partial charge on any atom is 0.258 e. The van der Waals surface area contributed by atoms with Gasteiger partial charge in [-0.2, -0.15) is 0 Å². The fourth-order valence-corrected chi connectivity index (χ4v) is 2.62. The smallest absolute Gasteiger partial charge is 0.258 e. The predicted octanol–water partition coefficient (Wildman–Crippen LogP) is 4.64. The first kappa shape index (κ1) is 18.5. The Hall–Kier alpha value is -3.25. The molecule has 27 heavy (non-hydrogen) atoms. The summed E-state index contributed by atoms with van der Waals surface area (Å²) >= 11 is 5.95. The van der Waals surface area contributed by atoms with Crippen molar-refractivity contribution in [1.82, 2.24) is 9.97 Å². The lowest BCUT2D eigenvalue weighted by molar-refractivity contribution is 0.101. The molecule has 0 aliphatic heterocycles. The van der Waals surface area contributed by atoms with Crippen molar-refractivity contribution < 1.29 is 9.59 Å². The van der Waals surface area contributed by atoms with Crippen LogP contribution in [-0.2, 0) is 0 Å². The first-order chi connectivity index (χ1) is 12.9. The summed E-state index contributed by atoms with van der Waals surface area (Å²) in [5, 5.41) is 6.49. The number of aromatic nitrogens is 2. The van der Waals surface area contributed by atoms with Gasteiger partial charge in [0.05, 0.1) is 5.56 Å². The summed E-state index contributed by atoms with van der Waals surface area (Å²) in [4.78, 5) is 31.9. The van der Waals surface area contributed by atoms with Crippen molar-refractivity contribution in [3.05, 3.63) is 76.6 Å². The molecule has 136 valence electrons. The van der Waals surface area contributed by atoms with E-state index in [9.17, 15) is 9.59 Å². The van der Waals surface area contributed by atoms with Crippen molar-refractivity contribution >= 4 is 40.6 Å². The molecule has 1 amide bonds. The standard InChI is InChI=1S/C20H17ClN4O2/c1-12-9-16(21)5-8-18(12)25-20-22-10-15(11-23-20)19(27)24-17-6-3-14(4-7-17)13(2)26/h3-11H,1-2H3,(H,24,27)(H,22,23,25). The Labute approximate surface area is 161 Å². The topological polar surface area (TPSA) is 84.0 Å². The zero-order valence-electron chi connectivity index (χ0n) is 14.8. The zero-order valence-corrected chi connectivity index (χ0v) is 15.5. The molecule has 0 saturated carbocycles. The molecular formula is C20H17ClN4O2. The van der Waals surface area contributed by atoms with E-state index in [0.717, 1.165) is 11.3 Å². The van der Waals surface area contributed by atoms with Crippen LogP contribution in [0, 0.1) is 6.92 Å². The maximum atomic E-state index is 12.3. The predicted molar refractivity (Wildman–Crippen MR) is 106 cm³/mol. The van der Waals surface area contributed by atoms with Crippen molar-refractivity contribution in [3.63, 3.8) is 0 Å². The number of Topliss-reactive ketones (excluding diaryl/α,β-unsaturated/α-hetero) is 1. The Morgan fingerprint density at radius 3 is 2.22 bits per heavy atom. The minimum atomic E-state index is -0.334. The molecule has 2 aromatic carbocycles. The minimum absolute atomic E-state index is 0.0275. The number of amides is 1. The monoisotopic (exact) mass is 380 g/mol. The molecule has 1 heterocycles. The molecule has 0 bridgehead atoms. The van der Waals surface area contributed by atoms with Crippen molar-refractivity contribution in [2.24, 2.45) is 0 Å². The molecule has 0 fully saturated rings. The number of halogens is 1. The minimum Gasteiger partial charge on any atom is -0.324 e. The summed E-state index contributed by atoms with van der Waals surface area (Å²) < 4.78 is 0. The first-order valence-corrected chi connectivity index (χ1v) is 8.58. The highest BCUT2D eigenvalue weighted by atomic mass is 35.5. The summed E-state index contributed by atoms with van der Waals surface area (Å²) in [6.07, 6.45) is 2.89. The SMILES string of the molecule is CC(=O)c1ccc(NC(=O)c2cnc(Nc3ccc(Cl)cc3C)nc2)cc1. The second-order valence-electron chi connectivity index (χ2n) is 5.97. The number of benzene rings is 2. The summed E-state index contributed by atoms with van der Waals surface area (Å²) in [5.41, 5.74) is 3.29. The number of anilines is 3. The van der Waals surface area contributed by atoms with Gasteiger partial charge >= 0.3 is 0 Å². The van der Waals surface area contributed by atoms with E-state index in [0.29, 0.717) is 27.8 Å². The number of hydrogen-bond donors (Lipinski definition) is 2. The third-order valence-electron chi connectivity index (χ3n) is 3.90. The van der Waals surface area contributed by atoms with Crippen LogP contribution in [-0.4, -0.2) is 21.7 Å². The highest BCUT2D eigenvalue weighted by Gasteiger charge is 2.09. The van der Waals surface area contributed by atoms with E-state index in [4.69, 9.17) is 11.6 Å². The third-order valence-corrected chi connectivity index (χ3v) is 4.13. The Kier molecular flexibility index (Phi) is 5.47. The average molecular weight is 381 g/mol. The molecule has 6 nitrogen and oxygen atoms in total. The molecule has 2 N–H and O–H groups in total. The van der Waals surface area contributed by atoms with Crippen molar-refractivity contribution in [1.29, 1.82) is 0 Å². The normalized spacial score (nSPS) is 10.3. The molecule has 0 spiro atoms. The van der Waals surface area contributed by atoms with Gasteiger partial charge in [-0.05, 0) is 61.9 Å². The number of aryl methyl sites for hydroxylation is 1. The van der Waals surface area contributed by atoms with E-state index in [1.807, 2.05) is 19.1 Å². The quantitative estimate of drug-likeness (QED) is 0.630. The van der Waals surface area contributed by atoms with Crippen LogP contribution >= 0.6 is 11.6 Å². The number of nitrogens with one attached hydrogen (secondary N) is 2. The van der Waals surface area contributed by atoms with Crippen LogP contribution in [0.5, 0.6) is 0 Å². The van der Waals surface area contributed by atoms with Gasteiger partial charge in [0.25, 0.3) is 5.91 Å². The fraction of sp³-hybridized carbons (Fsp3) is 0.100. The molecule has 0 atom stereocenters. The van der Waals surface area contributed by atoms with Gasteiger partial charge in [0.2, 0.25) is 5.95 Å². The molecule has 0 saturated heterocycles. The van der Waals surface area contributed by atoms with E-state index in [-0.39, 0.29) is 11.7 Å². The number of carbonyl (C=O) groups is 2. The second-order valence-corrected chi connectivity index (χ2v) is 6.40. The van der Waals surface area contributed by atoms with Gasteiger partial charge in [-0.15, -0.1) is 0 Å². The van der Waals surface area contributed by atoms with Crippen LogP contribution in [0.15, 0.2) is 54.9 Å².